The zero-order valence-corrected chi connectivity index (χ0v) is 13.7. The van der Waals surface area contributed by atoms with Gasteiger partial charge in [-0.1, -0.05) is 68.5 Å². The molecule has 0 atom stereocenters. The van der Waals surface area contributed by atoms with Crippen LogP contribution in [0.1, 0.15) is 38.7 Å². The lowest BCUT2D eigenvalue weighted by molar-refractivity contribution is -0.133. The quantitative estimate of drug-likeness (QED) is 0.571. The Balaban J connectivity index is 0.000000468. The van der Waals surface area contributed by atoms with E-state index < -0.39 is 11.9 Å². The summed E-state index contributed by atoms with van der Waals surface area (Å²) in [5, 5.41) is 16.9. The van der Waals surface area contributed by atoms with Gasteiger partial charge in [0.2, 0.25) is 0 Å². The van der Waals surface area contributed by atoms with Crippen molar-refractivity contribution in [2.45, 2.75) is 33.1 Å². The molecular formula is C19H24O4. The fraction of sp³-hybridized carbons (Fsp3) is 0.263. The van der Waals surface area contributed by atoms with Gasteiger partial charge in [-0.2, -0.15) is 0 Å². The van der Waals surface area contributed by atoms with Gasteiger partial charge in [-0.25, -0.2) is 9.59 Å². The second-order valence-corrected chi connectivity index (χ2v) is 4.94. The highest BCUT2D eigenvalue weighted by Gasteiger charge is 2.00. The highest BCUT2D eigenvalue weighted by atomic mass is 16.4. The molecule has 4 heteroatoms. The summed E-state index contributed by atoms with van der Waals surface area (Å²) in [7, 11) is 0. The van der Waals surface area contributed by atoms with Crippen molar-refractivity contribution in [2.24, 2.45) is 0 Å². The van der Waals surface area contributed by atoms with Crippen LogP contribution in [0.5, 0.6) is 0 Å². The molecule has 0 radical (unpaired) electrons. The summed E-state index contributed by atoms with van der Waals surface area (Å²) < 4.78 is 0. The monoisotopic (exact) mass is 316 g/mol. The van der Waals surface area contributed by atoms with Gasteiger partial charge in [0.15, 0.2) is 0 Å². The fourth-order valence-electron chi connectivity index (χ4n) is 1.44. The smallest absolute Gasteiger partial charge is 0.331 e. The van der Waals surface area contributed by atoms with Gasteiger partial charge < -0.3 is 10.2 Å². The fourth-order valence-corrected chi connectivity index (χ4v) is 1.44. The molecule has 0 heterocycles. The summed E-state index contributed by atoms with van der Waals surface area (Å²) in [4.78, 5) is 20.5. The summed E-state index contributed by atoms with van der Waals surface area (Å²) in [6.45, 7) is 6.98. The third kappa shape index (κ3) is 10.7. The zero-order valence-electron chi connectivity index (χ0n) is 13.7. The second kappa shape index (κ2) is 12.0. The Morgan fingerprint density at radius 2 is 1.74 bits per heavy atom. The summed E-state index contributed by atoms with van der Waals surface area (Å²) >= 11 is 0. The summed E-state index contributed by atoms with van der Waals surface area (Å²) in [6.07, 6.45) is 7.74. The Labute approximate surface area is 137 Å². The van der Waals surface area contributed by atoms with Crippen molar-refractivity contribution in [3.63, 3.8) is 0 Å². The van der Waals surface area contributed by atoms with E-state index in [0.29, 0.717) is 17.6 Å². The molecule has 23 heavy (non-hydrogen) atoms. The molecule has 1 aromatic carbocycles. The van der Waals surface area contributed by atoms with Gasteiger partial charge in [0.1, 0.15) is 0 Å². The van der Waals surface area contributed by atoms with Crippen LogP contribution < -0.4 is 0 Å². The molecule has 0 aromatic heterocycles. The number of carboxylic acids is 2. The van der Waals surface area contributed by atoms with E-state index >= 15 is 0 Å². The van der Waals surface area contributed by atoms with Gasteiger partial charge in [0, 0.05) is 11.1 Å². The number of allylic oxidation sites excluding steroid dienone is 2. The van der Waals surface area contributed by atoms with Crippen LogP contribution in [0, 0.1) is 0 Å². The Bertz CT molecular complexity index is 568. The van der Waals surface area contributed by atoms with Crippen LogP contribution >= 0.6 is 0 Å². The maximum absolute atomic E-state index is 10.4. The molecule has 0 saturated carbocycles. The number of rotatable bonds is 7. The first-order chi connectivity index (χ1) is 10.9. The van der Waals surface area contributed by atoms with Crippen molar-refractivity contribution in [3.8, 4) is 0 Å². The largest absolute Gasteiger partial charge is 0.478 e. The van der Waals surface area contributed by atoms with E-state index in [-0.39, 0.29) is 0 Å². The summed E-state index contributed by atoms with van der Waals surface area (Å²) in [5.41, 5.74) is 1.70. The summed E-state index contributed by atoms with van der Waals surface area (Å²) in [5.74, 6) is -1.76. The van der Waals surface area contributed by atoms with Gasteiger partial charge in [0.25, 0.3) is 0 Å². The first-order valence-electron chi connectivity index (χ1n) is 7.42. The lowest BCUT2D eigenvalue weighted by Gasteiger charge is -1.95. The van der Waals surface area contributed by atoms with Crippen LogP contribution in [-0.2, 0) is 9.59 Å². The first-order valence-corrected chi connectivity index (χ1v) is 7.42. The number of benzene rings is 1. The molecule has 0 fully saturated rings. The van der Waals surface area contributed by atoms with Crippen molar-refractivity contribution in [1.82, 2.24) is 0 Å². The average molecular weight is 316 g/mol. The standard InChI is InChI=1S/C12H12O2.C7H12O2/c1-10(12(13)14)6-5-9-11-7-3-2-4-8-11;1-3-4-5-6(2)7(8)9/h2-9H,1H3,(H,13,14);2-5H2,1H3,(H,8,9). The molecule has 0 aliphatic carbocycles. The van der Waals surface area contributed by atoms with E-state index in [1.807, 2.05) is 43.3 Å². The van der Waals surface area contributed by atoms with Crippen molar-refractivity contribution in [1.29, 1.82) is 0 Å². The highest BCUT2D eigenvalue weighted by molar-refractivity contribution is 5.86. The predicted molar refractivity (Wildman–Crippen MR) is 93.2 cm³/mol. The average Bonchev–Trinajstić information content (AvgIpc) is 2.53. The third-order valence-corrected chi connectivity index (χ3v) is 2.91. The van der Waals surface area contributed by atoms with Crippen molar-refractivity contribution >= 4 is 18.0 Å². The maximum Gasteiger partial charge on any atom is 0.331 e. The Morgan fingerprint density at radius 3 is 2.22 bits per heavy atom. The van der Waals surface area contributed by atoms with Crippen molar-refractivity contribution < 1.29 is 19.8 Å². The van der Waals surface area contributed by atoms with E-state index in [9.17, 15) is 9.59 Å². The zero-order chi connectivity index (χ0) is 17.7. The van der Waals surface area contributed by atoms with Gasteiger partial charge in [-0.15, -0.1) is 0 Å². The number of aliphatic carboxylic acids is 2. The minimum absolute atomic E-state index is 0.317. The lowest BCUT2D eigenvalue weighted by atomic mass is 10.1. The van der Waals surface area contributed by atoms with Crippen molar-refractivity contribution in [3.05, 3.63) is 65.8 Å². The number of hydrogen-bond acceptors (Lipinski definition) is 2. The molecule has 1 rings (SSSR count). The van der Waals surface area contributed by atoms with Crippen LogP contribution in [0.2, 0.25) is 0 Å². The van der Waals surface area contributed by atoms with Crippen molar-refractivity contribution in [2.75, 3.05) is 0 Å². The van der Waals surface area contributed by atoms with E-state index in [0.717, 1.165) is 18.4 Å². The van der Waals surface area contributed by atoms with Crippen LogP contribution in [0.3, 0.4) is 0 Å². The van der Waals surface area contributed by atoms with Gasteiger partial charge in [-0.05, 0) is 25.3 Å². The predicted octanol–water partition coefficient (Wildman–Crippen LogP) is 4.55. The van der Waals surface area contributed by atoms with Crippen LogP contribution in [-0.4, -0.2) is 22.2 Å². The Hall–Kier alpha value is -2.62. The maximum atomic E-state index is 10.4. The molecule has 124 valence electrons. The minimum atomic E-state index is -0.886. The Kier molecular flexibility index (Phi) is 10.6. The number of unbranched alkanes of at least 4 members (excludes halogenated alkanes) is 1. The van der Waals surface area contributed by atoms with E-state index in [4.69, 9.17) is 10.2 Å². The highest BCUT2D eigenvalue weighted by Crippen LogP contribution is 2.03. The van der Waals surface area contributed by atoms with E-state index in [2.05, 4.69) is 6.58 Å². The summed E-state index contributed by atoms with van der Waals surface area (Å²) in [6, 6.07) is 9.73. The molecule has 0 unspecified atom stereocenters. The molecule has 0 bridgehead atoms. The molecule has 0 spiro atoms. The molecule has 4 nitrogen and oxygen atoms in total. The molecule has 0 saturated heterocycles. The number of carboxylic acid groups (broad SMARTS) is 2. The van der Waals surface area contributed by atoms with Gasteiger partial charge in [0.05, 0.1) is 0 Å². The Morgan fingerprint density at radius 1 is 1.13 bits per heavy atom. The van der Waals surface area contributed by atoms with Crippen LogP contribution in [0.15, 0.2) is 60.2 Å². The van der Waals surface area contributed by atoms with Crippen LogP contribution in [0.4, 0.5) is 0 Å². The third-order valence-electron chi connectivity index (χ3n) is 2.91. The molecular weight excluding hydrogens is 292 g/mol. The van der Waals surface area contributed by atoms with Gasteiger partial charge in [-0.3, -0.25) is 0 Å². The minimum Gasteiger partial charge on any atom is -0.478 e. The van der Waals surface area contributed by atoms with E-state index in [1.165, 1.54) is 0 Å². The first kappa shape index (κ1) is 20.4. The molecule has 0 aliphatic heterocycles. The molecule has 1 aromatic rings. The SMILES string of the molecule is C=C(CCCC)C(=O)O.CC(=CC=Cc1ccccc1)C(=O)O. The second-order valence-electron chi connectivity index (χ2n) is 4.94. The molecule has 2 N–H and O–H groups in total. The lowest BCUT2D eigenvalue weighted by Crippen LogP contribution is -1.97. The van der Waals surface area contributed by atoms with Crippen LogP contribution in [0.25, 0.3) is 6.08 Å². The molecule has 0 aliphatic rings. The topological polar surface area (TPSA) is 74.6 Å². The van der Waals surface area contributed by atoms with E-state index in [1.54, 1.807) is 19.1 Å². The number of carbonyl (C=O) groups is 2. The van der Waals surface area contributed by atoms with Gasteiger partial charge >= 0.3 is 11.9 Å². The number of hydrogen-bond donors (Lipinski definition) is 2. The molecule has 0 amide bonds. The normalized spacial score (nSPS) is 10.8.